The van der Waals surface area contributed by atoms with E-state index in [-0.39, 0.29) is 17.4 Å². The lowest BCUT2D eigenvalue weighted by Crippen LogP contribution is -2.15. The van der Waals surface area contributed by atoms with Gasteiger partial charge in [-0.2, -0.15) is 0 Å². The van der Waals surface area contributed by atoms with Crippen LogP contribution >= 0.6 is 0 Å². The summed E-state index contributed by atoms with van der Waals surface area (Å²) in [5, 5.41) is 12.9. The second-order valence-corrected chi connectivity index (χ2v) is 7.75. The van der Waals surface area contributed by atoms with Crippen LogP contribution in [0.1, 0.15) is 69.9 Å². The highest BCUT2D eigenvalue weighted by Gasteiger charge is 2.04. The molecule has 0 heterocycles. The van der Waals surface area contributed by atoms with Crippen LogP contribution in [-0.4, -0.2) is 25.3 Å². The van der Waals surface area contributed by atoms with Crippen LogP contribution in [0.25, 0.3) is 0 Å². The number of unbranched alkanes of at least 4 members (excludes halogenated alkanes) is 4. The van der Waals surface area contributed by atoms with Gasteiger partial charge in [0.15, 0.2) is 0 Å². The first-order valence-electron chi connectivity index (χ1n) is 11.5. The Labute approximate surface area is 186 Å². The number of nitrogens with one attached hydrogen (secondary N) is 1. The minimum absolute atomic E-state index is 0.183. The lowest BCUT2D eigenvalue weighted by Gasteiger charge is -2.07. The fraction of sp³-hybridized carbons (Fsp3) is 0.538. The number of phenols is 1. The number of aromatic hydroxyl groups is 1. The molecule has 2 aromatic rings. The topological polar surface area (TPSA) is 41.5 Å². The van der Waals surface area contributed by atoms with Gasteiger partial charge in [0.1, 0.15) is 23.1 Å². The third kappa shape index (κ3) is 11.7. The molecule has 0 aliphatic rings. The summed E-state index contributed by atoms with van der Waals surface area (Å²) < 4.78 is 31.0. The number of benzene rings is 2. The molecule has 0 fully saturated rings. The summed E-state index contributed by atoms with van der Waals surface area (Å²) in [4.78, 5) is 0. The van der Waals surface area contributed by atoms with Crippen LogP contribution in [0, 0.1) is 11.6 Å². The maximum Gasteiger partial charge on any atom is 0.123 e. The molecule has 31 heavy (non-hydrogen) atoms. The predicted octanol–water partition coefficient (Wildman–Crippen LogP) is 6.81. The minimum atomic E-state index is -0.276. The number of hydrogen-bond acceptors (Lipinski definition) is 3. The van der Waals surface area contributed by atoms with Crippen molar-refractivity contribution in [2.75, 3.05) is 20.2 Å². The van der Waals surface area contributed by atoms with Crippen LogP contribution in [0.4, 0.5) is 8.78 Å². The molecule has 0 aliphatic heterocycles. The Morgan fingerprint density at radius 3 is 2.10 bits per heavy atom. The van der Waals surface area contributed by atoms with E-state index in [1.54, 1.807) is 19.2 Å². The zero-order valence-corrected chi connectivity index (χ0v) is 19.4. The molecule has 2 rings (SSSR count). The van der Waals surface area contributed by atoms with Crippen LogP contribution in [0.2, 0.25) is 0 Å². The largest absolute Gasteiger partial charge is 0.508 e. The highest BCUT2D eigenvalue weighted by molar-refractivity contribution is 5.34. The molecular formula is C26H39F2NO2. The molecule has 2 aromatic carbocycles. The van der Waals surface area contributed by atoms with Gasteiger partial charge in [0.05, 0.1) is 7.11 Å². The maximum absolute atomic E-state index is 12.9. The highest BCUT2D eigenvalue weighted by atomic mass is 19.1. The second kappa shape index (κ2) is 16.5. The molecule has 0 saturated carbocycles. The average molecular weight is 436 g/mol. The molecule has 0 bridgehead atoms. The number of rotatable bonds is 13. The number of methoxy groups -OCH3 is 1. The monoisotopic (exact) mass is 435 g/mol. The van der Waals surface area contributed by atoms with Gasteiger partial charge in [-0.3, -0.25) is 0 Å². The molecule has 0 saturated heterocycles. The first kappa shape index (κ1) is 26.9. The van der Waals surface area contributed by atoms with Crippen molar-refractivity contribution in [3.8, 4) is 11.5 Å². The second-order valence-electron chi connectivity index (χ2n) is 7.75. The molecule has 0 spiro atoms. The summed E-state index contributed by atoms with van der Waals surface area (Å²) in [6, 6.07) is 8.82. The summed E-state index contributed by atoms with van der Waals surface area (Å²) in [6.07, 6.45) is 9.49. The average Bonchev–Trinajstić information content (AvgIpc) is 2.76. The highest BCUT2D eigenvalue weighted by Crippen LogP contribution is 2.21. The Bertz CT molecular complexity index is 737. The smallest absolute Gasteiger partial charge is 0.123 e. The fourth-order valence-corrected chi connectivity index (χ4v) is 3.31. The van der Waals surface area contributed by atoms with Gasteiger partial charge in [-0.15, -0.1) is 0 Å². The van der Waals surface area contributed by atoms with Gasteiger partial charge in [-0.05, 0) is 99.1 Å². The van der Waals surface area contributed by atoms with Crippen LogP contribution in [0.5, 0.6) is 11.5 Å². The van der Waals surface area contributed by atoms with E-state index in [0.717, 1.165) is 69.3 Å². The summed E-state index contributed by atoms with van der Waals surface area (Å²) in [5.74, 6) is 0.540. The first-order valence-corrected chi connectivity index (χ1v) is 11.5. The van der Waals surface area contributed by atoms with E-state index >= 15 is 0 Å². The SMILES string of the molecule is CCCCCc1cc(F)ccc1OC.CCCNCCCCCc1cc(F)ccc1O. The maximum atomic E-state index is 12.9. The van der Waals surface area contributed by atoms with Crippen LogP contribution in [0.15, 0.2) is 36.4 Å². The molecule has 3 nitrogen and oxygen atoms in total. The molecule has 0 unspecified atom stereocenters. The van der Waals surface area contributed by atoms with Crippen molar-refractivity contribution in [3.63, 3.8) is 0 Å². The third-order valence-electron chi connectivity index (χ3n) is 5.06. The van der Waals surface area contributed by atoms with Gasteiger partial charge >= 0.3 is 0 Å². The molecule has 0 radical (unpaired) electrons. The molecule has 0 aromatic heterocycles. The van der Waals surface area contributed by atoms with Crippen molar-refractivity contribution in [2.24, 2.45) is 0 Å². The zero-order valence-electron chi connectivity index (χ0n) is 19.4. The van der Waals surface area contributed by atoms with Crippen molar-refractivity contribution in [3.05, 3.63) is 59.2 Å². The summed E-state index contributed by atoms with van der Waals surface area (Å²) in [6.45, 7) is 6.43. The first-order chi connectivity index (χ1) is 15.0. The summed E-state index contributed by atoms with van der Waals surface area (Å²) in [5.41, 5.74) is 1.69. The fourth-order valence-electron chi connectivity index (χ4n) is 3.31. The molecular weight excluding hydrogens is 396 g/mol. The zero-order chi connectivity index (χ0) is 22.9. The Balaban J connectivity index is 0.000000316. The van der Waals surface area contributed by atoms with Gasteiger partial charge in [-0.1, -0.05) is 33.1 Å². The number of aryl methyl sites for hydroxylation is 2. The van der Waals surface area contributed by atoms with Crippen molar-refractivity contribution in [1.82, 2.24) is 5.32 Å². The Hall–Kier alpha value is -2.14. The molecule has 2 N–H and O–H groups in total. The van der Waals surface area contributed by atoms with Gasteiger partial charge < -0.3 is 15.2 Å². The Kier molecular flexibility index (Phi) is 14.3. The van der Waals surface area contributed by atoms with Gasteiger partial charge in [-0.25, -0.2) is 8.78 Å². The van der Waals surface area contributed by atoms with Crippen molar-refractivity contribution in [2.45, 2.75) is 71.6 Å². The van der Waals surface area contributed by atoms with Gasteiger partial charge in [0.25, 0.3) is 0 Å². The molecule has 0 aliphatic carbocycles. The van der Waals surface area contributed by atoms with Crippen molar-refractivity contribution < 1.29 is 18.6 Å². The molecule has 174 valence electrons. The van der Waals surface area contributed by atoms with Gasteiger partial charge in [0, 0.05) is 0 Å². The Morgan fingerprint density at radius 2 is 1.42 bits per heavy atom. The summed E-state index contributed by atoms with van der Waals surface area (Å²) >= 11 is 0. The molecule has 5 heteroatoms. The van der Waals surface area contributed by atoms with Crippen molar-refractivity contribution in [1.29, 1.82) is 0 Å². The quantitative estimate of drug-likeness (QED) is 0.340. The molecule has 0 amide bonds. The van der Waals surface area contributed by atoms with E-state index in [1.165, 1.54) is 37.1 Å². The van der Waals surface area contributed by atoms with Gasteiger partial charge in [0.2, 0.25) is 0 Å². The normalized spacial score (nSPS) is 10.5. The van der Waals surface area contributed by atoms with E-state index in [1.807, 2.05) is 0 Å². The standard InChI is InChI=1S/C14H22FNO.C12H17FO/c1-2-9-16-10-5-3-4-6-12-11-13(15)7-8-14(12)17;1-3-4-5-6-10-9-11(13)7-8-12(10)14-2/h7-8,11,16-17H,2-6,9-10H2,1H3;7-9H,3-6H2,1-2H3. The van der Waals surface area contributed by atoms with E-state index < -0.39 is 0 Å². The lowest BCUT2D eigenvalue weighted by molar-refractivity contribution is 0.407. The number of halogens is 2. The van der Waals surface area contributed by atoms with E-state index in [0.29, 0.717) is 5.56 Å². The number of ether oxygens (including phenoxy) is 1. The summed E-state index contributed by atoms with van der Waals surface area (Å²) in [7, 11) is 1.62. The van der Waals surface area contributed by atoms with Crippen molar-refractivity contribution >= 4 is 0 Å². The van der Waals surface area contributed by atoms with Crippen LogP contribution in [-0.2, 0) is 12.8 Å². The number of hydrogen-bond donors (Lipinski definition) is 2. The van der Waals surface area contributed by atoms with E-state index in [9.17, 15) is 13.9 Å². The number of phenolic OH excluding ortho intramolecular Hbond substituents is 1. The minimum Gasteiger partial charge on any atom is -0.508 e. The predicted molar refractivity (Wildman–Crippen MR) is 125 cm³/mol. The van der Waals surface area contributed by atoms with E-state index in [4.69, 9.17) is 4.74 Å². The van der Waals surface area contributed by atoms with E-state index in [2.05, 4.69) is 19.2 Å². The van der Waals surface area contributed by atoms with Crippen LogP contribution in [0.3, 0.4) is 0 Å². The lowest BCUT2D eigenvalue weighted by atomic mass is 10.1. The Morgan fingerprint density at radius 1 is 0.774 bits per heavy atom. The van der Waals surface area contributed by atoms with Crippen LogP contribution < -0.4 is 10.1 Å². The molecule has 0 atom stereocenters. The third-order valence-corrected chi connectivity index (χ3v) is 5.06.